The van der Waals surface area contributed by atoms with Gasteiger partial charge in [0, 0.05) is 5.56 Å². The second-order valence-electron chi connectivity index (χ2n) is 4.12. The molecule has 0 saturated heterocycles. The van der Waals surface area contributed by atoms with E-state index in [9.17, 15) is 14.4 Å². The van der Waals surface area contributed by atoms with Crippen LogP contribution < -0.4 is 11.1 Å². The van der Waals surface area contributed by atoms with Crippen molar-refractivity contribution in [2.75, 3.05) is 0 Å². The number of urea groups is 1. The van der Waals surface area contributed by atoms with Gasteiger partial charge in [-0.15, -0.1) is 0 Å². The Morgan fingerprint density at radius 2 is 1.79 bits per heavy atom. The van der Waals surface area contributed by atoms with Gasteiger partial charge in [0.25, 0.3) is 5.91 Å². The number of aryl methyl sites for hydroxylation is 2. The van der Waals surface area contributed by atoms with Crippen molar-refractivity contribution < 1.29 is 23.5 Å². The van der Waals surface area contributed by atoms with E-state index in [1.54, 1.807) is 20.8 Å². The SMILES string of the molecule is Cc1oc(C)c(C(=O)O[C@@H](C)C(=O)NC(N)=O)c1C. The van der Waals surface area contributed by atoms with E-state index in [0.717, 1.165) is 0 Å². The first-order valence-electron chi connectivity index (χ1n) is 5.62. The molecule has 0 bridgehead atoms. The molecule has 0 aliphatic carbocycles. The van der Waals surface area contributed by atoms with Crippen molar-refractivity contribution >= 4 is 17.9 Å². The molecule has 0 aliphatic heterocycles. The van der Waals surface area contributed by atoms with Gasteiger partial charge in [0.1, 0.15) is 17.1 Å². The molecule has 104 valence electrons. The topological polar surface area (TPSA) is 112 Å². The summed E-state index contributed by atoms with van der Waals surface area (Å²) in [6, 6.07) is -1.00. The van der Waals surface area contributed by atoms with Crippen molar-refractivity contribution in [2.45, 2.75) is 33.8 Å². The Labute approximate surface area is 110 Å². The lowest BCUT2D eigenvalue weighted by atomic mass is 10.1. The Bertz CT molecular complexity index is 532. The van der Waals surface area contributed by atoms with Crippen LogP contribution in [0.5, 0.6) is 0 Å². The Morgan fingerprint density at radius 3 is 2.21 bits per heavy atom. The normalized spacial score (nSPS) is 11.8. The van der Waals surface area contributed by atoms with Crippen molar-refractivity contribution in [1.29, 1.82) is 0 Å². The minimum absolute atomic E-state index is 0.288. The summed E-state index contributed by atoms with van der Waals surface area (Å²) in [4.78, 5) is 33.8. The van der Waals surface area contributed by atoms with Gasteiger partial charge in [0.15, 0.2) is 6.10 Å². The quantitative estimate of drug-likeness (QED) is 0.792. The number of nitrogens with one attached hydrogen (secondary N) is 1. The molecule has 3 amide bonds. The molecular formula is C12H16N2O5. The molecule has 1 aromatic heterocycles. The monoisotopic (exact) mass is 268 g/mol. The van der Waals surface area contributed by atoms with Crippen molar-refractivity contribution in [3.63, 3.8) is 0 Å². The van der Waals surface area contributed by atoms with Crippen LogP contribution >= 0.6 is 0 Å². The lowest BCUT2D eigenvalue weighted by Gasteiger charge is -2.11. The van der Waals surface area contributed by atoms with Gasteiger partial charge in [-0.25, -0.2) is 9.59 Å². The first-order valence-corrected chi connectivity index (χ1v) is 5.62. The molecule has 0 spiro atoms. The molecule has 0 aliphatic rings. The third kappa shape index (κ3) is 3.34. The summed E-state index contributed by atoms with van der Waals surface area (Å²) in [6.45, 7) is 6.41. The Hall–Kier alpha value is -2.31. The fourth-order valence-corrected chi connectivity index (χ4v) is 1.59. The van der Waals surface area contributed by atoms with Gasteiger partial charge >= 0.3 is 12.0 Å². The van der Waals surface area contributed by atoms with Crippen LogP contribution in [0, 0.1) is 20.8 Å². The van der Waals surface area contributed by atoms with E-state index in [0.29, 0.717) is 17.1 Å². The number of rotatable bonds is 3. The highest BCUT2D eigenvalue weighted by Crippen LogP contribution is 2.21. The molecule has 0 fully saturated rings. The molecule has 7 heteroatoms. The van der Waals surface area contributed by atoms with Gasteiger partial charge in [0.2, 0.25) is 0 Å². The second-order valence-corrected chi connectivity index (χ2v) is 4.12. The molecular weight excluding hydrogens is 252 g/mol. The number of esters is 1. The van der Waals surface area contributed by atoms with Crippen LogP contribution in [-0.4, -0.2) is 24.0 Å². The zero-order valence-corrected chi connectivity index (χ0v) is 11.2. The molecule has 19 heavy (non-hydrogen) atoms. The summed E-state index contributed by atoms with van der Waals surface area (Å²) < 4.78 is 10.3. The number of amides is 3. The molecule has 1 heterocycles. The molecule has 1 rings (SSSR count). The summed E-state index contributed by atoms with van der Waals surface area (Å²) in [5.74, 6) is -0.434. The zero-order chi connectivity index (χ0) is 14.7. The first-order chi connectivity index (χ1) is 8.73. The van der Waals surface area contributed by atoms with Crippen LogP contribution in [0.15, 0.2) is 4.42 Å². The zero-order valence-electron chi connectivity index (χ0n) is 11.2. The van der Waals surface area contributed by atoms with Crippen LogP contribution in [0.4, 0.5) is 4.79 Å². The van der Waals surface area contributed by atoms with Gasteiger partial charge in [-0.1, -0.05) is 0 Å². The highest BCUT2D eigenvalue weighted by Gasteiger charge is 2.24. The van der Waals surface area contributed by atoms with E-state index < -0.39 is 24.0 Å². The Morgan fingerprint density at radius 1 is 1.21 bits per heavy atom. The maximum Gasteiger partial charge on any atom is 0.342 e. The fourth-order valence-electron chi connectivity index (χ4n) is 1.59. The van der Waals surface area contributed by atoms with Crippen molar-refractivity contribution in [3.8, 4) is 0 Å². The molecule has 1 aromatic rings. The van der Waals surface area contributed by atoms with E-state index in [2.05, 4.69) is 0 Å². The second kappa shape index (κ2) is 5.55. The summed E-state index contributed by atoms with van der Waals surface area (Å²) in [5.41, 5.74) is 5.74. The predicted molar refractivity (Wildman–Crippen MR) is 65.5 cm³/mol. The van der Waals surface area contributed by atoms with E-state index in [-0.39, 0.29) is 5.56 Å². The third-order valence-electron chi connectivity index (χ3n) is 2.66. The van der Waals surface area contributed by atoms with Crippen molar-refractivity contribution in [1.82, 2.24) is 5.32 Å². The minimum atomic E-state index is -1.13. The number of primary amides is 1. The molecule has 0 saturated carbocycles. The molecule has 1 atom stereocenters. The number of furan rings is 1. The van der Waals surface area contributed by atoms with Gasteiger partial charge < -0.3 is 14.9 Å². The van der Waals surface area contributed by atoms with Crippen LogP contribution in [0.2, 0.25) is 0 Å². The minimum Gasteiger partial charge on any atom is -0.465 e. The van der Waals surface area contributed by atoms with E-state index >= 15 is 0 Å². The van der Waals surface area contributed by atoms with E-state index in [1.807, 2.05) is 5.32 Å². The number of hydrogen-bond acceptors (Lipinski definition) is 5. The number of imide groups is 1. The third-order valence-corrected chi connectivity index (χ3v) is 2.66. The molecule has 0 unspecified atom stereocenters. The molecule has 0 radical (unpaired) electrons. The maximum absolute atomic E-state index is 11.9. The molecule has 3 N–H and O–H groups in total. The number of carbonyl (C=O) groups excluding carboxylic acids is 3. The number of hydrogen-bond donors (Lipinski definition) is 2. The standard InChI is InChI=1S/C12H16N2O5/c1-5-6(2)18-7(3)9(5)11(16)19-8(4)10(15)14-12(13)17/h8H,1-4H3,(H3,13,14,15,17)/t8-/m0/s1. The van der Waals surface area contributed by atoms with Gasteiger partial charge in [-0.3, -0.25) is 10.1 Å². The van der Waals surface area contributed by atoms with E-state index in [4.69, 9.17) is 14.9 Å². The van der Waals surface area contributed by atoms with Crippen molar-refractivity contribution in [3.05, 3.63) is 22.6 Å². The highest BCUT2D eigenvalue weighted by atomic mass is 16.5. The highest BCUT2D eigenvalue weighted by molar-refractivity contribution is 5.98. The largest absolute Gasteiger partial charge is 0.465 e. The van der Waals surface area contributed by atoms with Crippen LogP contribution in [0.1, 0.15) is 34.4 Å². The summed E-state index contributed by atoms with van der Waals surface area (Å²) in [6.07, 6.45) is -1.13. The summed E-state index contributed by atoms with van der Waals surface area (Å²) in [7, 11) is 0. The average molecular weight is 268 g/mol. The number of ether oxygens (including phenoxy) is 1. The van der Waals surface area contributed by atoms with Crippen LogP contribution in [0.3, 0.4) is 0 Å². The summed E-state index contributed by atoms with van der Waals surface area (Å²) in [5, 5.41) is 1.83. The lowest BCUT2D eigenvalue weighted by Crippen LogP contribution is -2.42. The summed E-state index contributed by atoms with van der Waals surface area (Å²) >= 11 is 0. The maximum atomic E-state index is 11.9. The van der Waals surface area contributed by atoms with Crippen LogP contribution in [0.25, 0.3) is 0 Å². The van der Waals surface area contributed by atoms with Gasteiger partial charge in [0.05, 0.1) is 0 Å². The number of carbonyl (C=O) groups is 3. The van der Waals surface area contributed by atoms with E-state index in [1.165, 1.54) is 6.92 Å². The Balaban J connectivity index is 2.80. The smallest absolute Gasteiger partial charge is 0.342 e. The fraction of sp³-hybridized carbons (Fsp3) is 0.417. The van der Waals surface area contributed by atoms with Crippen LogP contribution in [-0.2, 0) is 9.53 Å². The van der Waals surface area contributed by atoms with Gasteiger partial charge in [-0.2, -0.15) is 0 Å². The first kappa shape index (κ1) is 14.7. The van der Waals surface area contributed by atoms with Gasteiger partial charge in [-0.05, 0) is 27.7 Å². The molecule has 7 nitrogen and oxygen atoms in total. The lowest BCUT2D eigenvalue weighted by molar-refractivity contribution is -0.127. The Kier molecular flexibility index (Phi) is 4.31. The number of nitrogens with two attached hydrogens (primary N) is 1. The predicted octanol–water partition coefficient (Wildman–Crippen LogP) is 0.945. The average Bonchev–Trinajstić information content (AvgIpc) is 2.51. The van der Waals surface area contributed by atoms with Crippen molar-refractivity contribution in [2.24, 2.45) is 5.73 Å². The molecule has 0 aromatic carbocycles.